The van der Waals surface area contributed by atoms with E-state index in [4.69, 9.17) is 0 Å². The molecule has 0 radical (unpaired) electrons. The number of H-pyrrole nitrogens is 2. The maximum Gasteiger partial charge on any atom is 0.252 e. The topological polar surface area (TPSA) is 74.4 Å². The molecule has 0 amide bonds. The largest absolute Gasteiger partial charge is 0.342 e. The number of nitrogens with zero attached hydrogens (tertiary/aromatic N) is 2. The van der Waals surface area contributed by atoms with Gasteiger partial charge in [0.2, 0.25) is 0 Å². The molecule has 23 heavy (non-hydrogen) atoms. The van der Waals surface area contributed by atoms with Crippen LogP contribution in [0.1, 0.15) is 26.6 Å². The number of fused-ring (bicyclic) bond motifs is 5. The van der Waals surface area contributed by atoms with E-state index < -0.39 is 11.4 Å². The maximum atomic E-state index is 14.3. The van der Waals surface area contributed by atoms with E-state index in [0.717, 1.165) is 28.3 Å². The fraction of sp³-hybridized carbons (Fsp3) is 0.235. The van der Waals surface area contributed by atoms with Crippen molar-refractivity contribution < 1.29 is 4.39 Å². The van der Waals surface area contributed by atoms with Gasteiger partial charge in [0, 0.05) is 23.1 Å². The summed E-state index contributed by atoms with van der Waals surface area (Å²) in [5, 5.41) is 1.75. The number of hydrogen-bond donors (Lipinski definition) is 2. The summed E-state index contributed by atoms with van der Waals surface area (Å²) in [5.41, 5.74) is 1.26. The molecule has 4 rings (SSSR count). The smallest absolute Gasteiger partial charge is 0.252 e. The number of halogens is 1. The summed E-state index contributed by atoms with van der Waals surface area (Å²) >= 11 is 0. The summed E-state index contributed by atoms with van der Waals surface area (Å²) in [6.45, 7) is 6.22. The first-order valence-electron chi connectivity index (χ1n) is 7.35. The summed E-state index contributed by atoms with van der Waals surface area (Å²) in [7, 11) is 0. The molecule has 0 atom stereocenters. The van der Waals surface area contributed by atoms with Crippen LogP contribution in [0.2, 0.25) is 0 Å². The van der Waals surface area contributed by atoms with E-state index in [9.17, 15) is 9.18 Å². The third-order valence-electron chi connectivity index (χ3n) is 3.97. The molecular weight excluding hydrogens is 295 g/mol. The molecule has 0 saturated carbocycles. The quantitative estimate of drug-likeness (QED) is 0.489. The first kappa shape index (κ1) is 13.9. The Morgan fingerprint density at radius 2 is 1.91 bits per heavy atom. The van der Waals surface area contributed by atoms with Crippen molar-refractivity contribution in [3.05, 3.63) is 46.4 Å². The molecule has 0 spiro atoms. The normalized spacial score (nSPS) is 12.5. The van der Waals surface area contributed by atoms with Gasteiger partial charge in [-0.3, -0.25) is 4.79 Å². The second-order valence-electron chi connectivity index (χ2n) is 6.72. The molecule has 3 heterocycles. The van der Waals surface area contributed by atoms with Gasteiger partial charge < -0.3 is 9.97 Å². The van der Waals surface area contributed by atoms with Crippen molar-refractivity contribution in [1.29, 1.82) is 0 Å². The van der Waals surface area contributed by atoms with Gasteiger partial charge in [-0.1, -0.05) is 26.8 Å². The minimum Gasteiger partial charge on any atom is -0.342 e. The standard InChI is InChI=1S/C17H15FN4O/c1-17(2,3)16-20-11-5-4-8-9(14(11)22-16)7-19-15-13(8)10(18)6-12(23)21-15/h4-7H,1-3H3,(H,20,22)(H,19,21,23). The lowest BCUT2D eigenvalue weighted by Crippen LogP contribution is -2.12. The van der Waals surface area contributed by atoms with Crippen LogP contribution in [0.5, 0.6) is 0 Å². The highest BCUT2D eigenvalue weighted by Crippen LogP contribution is 2.31. The molecule has 0 aliphatic rings. The molecule has 0 bridgehead atoms. The highest BCUT2D eigenvalue weighted by Gasteiger charge is 2.20. The minimum atomic E-state index is -0.576. The summed E-state index contributed by atoms with van der Waals surface area (Å²) < 4.78 is 14.3. The Hall–Kier alpha value is -2.76. The number of aromatic nitrogens is 4. The molecule has 1 aromatic carbocycles. The third kappa shape index (κ3) is 2.02. The number of benzene rings is 1. The van der Waals surface area contributed by atoms with Crippen LogP contribution in [0.4, 0.5) is 4.39 Å². The minimum absolute atomic E-state index is 0.119. The molecule has 5 nitrogen and oxygen atoms in total. The number of imidazole rings is 1. The molecule has 0 saturated heterocycles. The number of rotatable bonds is 0. The Bertz CT molecular complexity index is 1130. The summed E-state index contributed by atoms with van der Waals surface area (Å²) in [4.78, 5) is 26.2. The fourth-order valence-electron chi connectivity index (χ4n) is 2.80. The van der Waals surface area contributed by atoms with E-state index in [1.165, 1.54) is 0 Å². The predicted octanol–water partition coefficient (Wildman–Crippen LogP) is 3.39. The zero-order valence-electron chi connectivity index (χ0n) is 13.0. The lowest BCUT2D eigenvalue weighted by atomic mass is 9.96. The van der Waals surface area contributed by atoms with Crippen molar-refractivity contribution in [2.24, 2.45) is 0 Å². The zero-order valence-corrected chi connectivity index (χ0v) is 13.0. The Labute approximate surface area is 130 Å². The van der Waals surface area contributed by atoms with E-state index >= 15 is 0 Å². The van der Waals surface area contributed by atoms with Gasteiger partial charge in [0.15, 0.2) is 0 Å². The van der Waals surface area contributed by atoms with Gasteiger partial charge in [0.05, 0.1) is 16.4 Å². The molecular formula is C17H15FN4O. The molecule has 2 N–H and O–H groups in total. The monoisotopic (exact) mass is 310 g/mol. The molecule has 116 valence electrons. The Morgan fingerprint density at radius 3 is 2.65 bits per heavy atom. The van der Waals surface area contributed by atoms with Crippen molar-refractivity contribution >= 4 is 32.8 Å². The highest BCUT2D eigenvalue weighted by atomic mass is 19.1. The van der Waals surface area contributed by atoms with Crippen LogP contribution < -0.4 is 5.56 Å². The zero-order chi connectivity index (χ0) is 16.4. The first-order chi connectivity index (χ1) is 10.8. The fourth-order valence-corrected chi connectivity index (χ4v) is 2.80. The summed E-state index contributed by atoms with van der Waals surface area (Å²) in [5.74, 6) is 0.287. The lowest BCUT2D eigenvalue weighted by Gasteiger charge is -2.13. The van der Waals surface area contributed by atoms with Crippen LogP contribution in [-0.4, -0.2) is 19.9 Å². The van der Waals surface area contributed by atoms with Gasteiger partial charge >= 0.3 is 0 Å². The molecule has 3 aromatic heterocycles. The van der Waals surface area contributed by atoms with Crippen LogP contribution in [0.25, 0.3) is 32.8 Å². The molecule has 0 fully saturated rings. The summed E-state index contributed by atoms with van der Waals surface area (Å²) in [6.07, 6.45) is 1.63. The molecule has 0 aliphatic heterocycles. The van der Waals surface area contributed by atoms with Crippen LogP contribution in [0, 0.1) is 5.82 Å². The molecule has 6 heteroatoms. The Balaban J connectivity index is 2.17. The Morgan fingerprint density at radius 1 is 1.13 bits per heavy atom. The first-order valence-corrected chi connectivity index (χ1v) is 7.35. The molecule has 4 aromatic rings. The number of nitrogens with one attached hydrogen (secondary N) is 2. The highest BCUT2D eigenvalue weighted by molar-refractivity contribution is 6.13. The third-order valence-corrected chi connectivity index (χ3v) is 3.97. The van der Waals surface area contributed by atoms with E-state index in [1.807, 2.05) is 12.1 Å². The second kappa shape index (κ2) is 4.38. The van der Waals surface area contributed by atoms with Gasteiger partial charge in [0.25, 0.3) is 5.56 Å². The van der Waals surface area contributed by atoms with E-state index in [0.29, 0.717) is 10.8 Å². The van der Waals surface area contributed by atoms with Crippen molar-refractivity contribution in [1.82, 2.24) is 19.9 Å². The van der Waals surface area contributed by atoms with E-state index in [2.05, 4.69) is 40.7 Å². The van der Waals surface area contributed by atoms with E-state index in [1.54, 1.807) is 6.20 Å². The van der Waals surface area contributed by atoms with Crippen molar-refractivity contribution in [2.75, 3.05) is 0 Å². The van der Waals surface area contributed by atoms with E-state index in [-0.39, 0.29) is 11.1 Å². The SMILES string of the molecule is CC(C)(C)c1nc2c(ccc3c2cnc2[nH]c(=O)cc(F)c23)[nH]1. The lowest BCUT2D eigenvalue weighted by molar-refractivity contribution is 0.554. The van der Waals surface area contributed by atoms with Crippen LogP contribution in [0.15, 0.2) is 29.2 Å². The number of pyridine rings is 2. The average molecular weight is 310 g/mol. The Kier molecular flexibility index (Phi) is 2.64. The van der Waals surface area contributed by atoms with Crippen molar-refractivity contribution in [2.45, 2.75) is 26.2 Å². The summed E-state index contributed by atoms with van der Waals surface area (Å²) in [6, 6.07) is 4.65. The van der Waals surface area contributed by atoms with Gasteiger partial charge in [-0.05, 0) is 11.5 Å². The number of hydrogen-bond acceptors (Lipinski definition) is 3. The van der Waals surface area contributed by atoms with Crippen LogP contribution >= 0.6 is 0 Å². The van der Waals surface area contributed by atoms with Crippen molar-refractivity contribution in [3.63, 3.8) is 0 Å². The molecule has 0 aliphatic carbocycles. The van der Waals surface area contributed by atoms with Crippen LogP contribution in [0.3, 0.4) is 0 Å². The van der Waals surface area contributed by atoms with Gasteiger partial charge in [-0.15, -0.1) is 0 Å². The van der Waals surface area contributed by atoms with Crippen molar-refractivity contribution in [3.8, 4) is 0 Å². The van der Waals surface area contributed by atoms with Crippen LogP contribution in [-0.2, 0) is 5.41 Å². The van der Waals surface area contributed by atoms with Gasteiger partial charge in [-0.2, -0.15) is 0 Å². The average Bonchev–Trinajstić information content (AvgIpc) is 2.90. The van der Waals surface area contributed by atoms with Gasteiger partial charge in [-0.25, -0.2) is 14.4 Å². The number of aromatic amines is 2. The second-order valence-corrected chi connectivity index (χ2v) is 6.72. The van der Waals surface area contributed by atoms with Gasteiger partial charge in [0.1, 0.15) is 17.3 Å². The predicted molar refractivity (Wildman–Crippen MR) is 88.2 cm³/mol. The maximum absolute atomic E-state index is 14.3. The molecule has 0 unspecified atom stereocenters.